The Bertz CT molecular complexity index is 248. The molecule has 1 unspecified atom stereocenters. The van der Waals surface area contributed by atoms with E-state index in [9.17, 15) is 0 Å². The number of allylic oxidation sites excluding steroid dienone is 3. The fourth-order valence-electron chi connectivity index (χ4n) is 1.78. The molecule has 0 aromatic heterocycles. The molecule has 1 heterocycles. The van der Waals surface area contributed by atoms with E-state index in [0.717, 1.165) is 19.4 Å². The normalized spacial score (nSPS) is 29.7. The summed E-state index contributed by atoms with van der Waals surface area (Å²) in [4.78, 5) is 4.45. The molecule has 0 spiro atoms. The summed E-state index contributed by atoms with van der Waals surface area (Å²) in [6, 6.07) is 0. The molecule has 0 radical (unpaired) electrons. The molecule has 0 N–H and O–H groups in total. The molecule has 0 amide bonds. The molecule has 0 bridgehead atoms. The lowest BCUT2D eigenvalue weighted by atomic mass is 10.0. The van der Waals surface area contributed by atoms with Crippen LogP contribution in [-0.2, 0) is 0 Å². The summed E-state index contributed by atoms with van der Waals surface area (Å²) < 4.78 is 0. The van der Waals surface area contributed by atoms with Gasteiger partial charge in [0.25, 0.3) is 0 Å². The van der Waals surface area contributed by atoms with Crippen LogP contribution in [-0.4, -0.2) is 12.8 Å². The molecule has 1 heteroatoms. The van der Waals surface area contributed by atoms with Crippen molar-refractivity contribution in [3.63, 3.8) is 0 Å². The number of hydrogen-bond acceptors (Lipinski definition) is 1. The highest BCUT2D eigenvalue weighted by Gasteiger charge is 1.96. The molecule has 84 valence electrons. The second-order valence-electron chi connectivity index (χ2n) is 4.28. The van der Waals surface area contributed by atoms with Gasteiger partial charge in [-0.3, -0.25) is 4.99 Å². The van der Waals surface area contributed by atoms with E-state index in [4.69, 9.17) is 0 Å². The van der Waals surface area contributed by atoms with Crippen LogP contribution in [0.5, 0.6) is 0 Å². The molecule has 1 aliphatic rings. The average Bonchev–Trinajstić information content (AvgIpc) is 2.23. The van der Waals surface area contributed by atoms with E-state index >= 15 is 0 Å². The standard InChI is InChI=1S/C14H23N/c1-3-14-9-6-4-5-8-13(2)12-15-11-7-10-14/h4-5,10,12-13H,3,6-9,11H2,1-2H3/b5-4+,14-10-,15-12?. The van der Waals surface area contributed by atoms with Crippen LogP contribution in [0.3, 0.4) is 0 Å². The number of hydrogen-bond donors (Lipinski definition) is 0. The minimum absolute atomic E-state index is 0.593. The molecule has 1 aliphatic heterocycles. The Morgan fingerprint density at radius 2 is 2.20 bits per heavy atom. The van der Waals surface area contributed by atoms with Crippen LogP contribution in [0, 0.1) is 5.92 Å². The third kappa shape index (κ3) is 5.56. The third-order valence-corrected chi connectivity index (χ3v) is 2.81. The molecular formula is C14H23N. The molecule has 0 aliphatic carbocycles. The highest BCUT2D eigenvalue weighted by Crippen LogP contribution is 2.12. The Hall–Kier alpha value is -0.850. The number of nitrogens with zero attached hydrogens (tertiary/aromatic N) is 1. The quantitative estimate of drug-likeness (QED) is 0.570. The van der Waals surface area contributed by atoms with Crippen molar-refractivity contribution < 1.29 is 0 Å². The zero-order chi connectivity index (χ0) is 10.9. The van der Waals surface area contributed by atoms with Crippen molar-refractivity contribution in [1.82, 2.24) is 0 Å². The summed E-state index contributed by atoms with van der Waals surface area (Å²) in [5, 5.41) is 0. The van der Waals surface area contributed by atoms with Crippen LogP contribution in [0.25, 0.3) is 0 Å². The summed E-state index contributed by atoms with van der Waals surface area (Å²) in [6.07, 6.45) is 14.9. The van der Waals surface area contributed by atoms with Gasteiger partial charge in [-0.25, -0.2) is 0 Å². The third-order valence-electron chi connectivity index (χ3n) is 2.81. The molecule has 0 aromatic rings. The Morgan fingerprint density at radius 3 is 3.00 bits per heavy atom. The van der Waals surface area contributed by atoms with E-state index in [1.165, 1.54) is 19.3 Å². The van der Waals surface area contributed by atoms with Gasteiger partial charge in [-0.05, 0) is 38.0 Å². The second kappa shape index (κ2) is 7.44. The molecule has 1 atom stereocenters. The number of rotatable bonds is 1. The highest BCUT2D eigenvalue weighted by molar-refractivity contribution is 5.60. The molecular weight excluding hydrogens is 182 g/mol. The van der Waals surface area contributed by atoms with Crippen molar-refractivity contribution in [3.8, 4) is 0 Å². The minimum Gasteiger partial charge on any atom is -0.297 e. The van der Waals surface area contributed by atoms with Gasteiger partial charge in [0.2, 0.25) is 0 Å². The summed E-state index contributed by atoms with van der Waals surface area (Å²) in [7, 11) is 0. The summed E-state index contributed by atoms with van der Waals surface area (Å²) in [5.74, 6) is 0.593. The predicted octanol–water partition coefficient (Wildman–Crippen LogP) is 4.16. The lowest BCUT2D eigenvalue weighted by Gasteiger charge is -2.05. The number of aliphatic imine (C=N–C) groups is 1. The summed E-state index contributed by atoms with van der Waals surface area (Å²) in [5.41, 5.74) is 1.59. The zero-order valence-corrected chi connectivity index (χ0v) is 10.1. The van der Waals surface area contributed by atoms with Crippen molar-refractivity contribution in [3.05, 3.63) is 23.8 Å². The Labute approximate surface area is 94.0 Å². The predicted molar refractivity (Wildman–Crippen MR) is 68.5 cm³/mol. The fraction of sp³-hybridized carbons (Fsp3) is 0.643. The summed E-state index contributed by atoms with van der Waals surface area (Å²) in [6.45, 7) is 5.43. The van der Waals surface area contributed by atoms with Crippen molar-refractivity contribution in [1.29, 1.82) is 0 Å². The van der Waals surface area contributed by atoms with Crippen LogP contribution in [0.15, 0.2) is 28.8 Å². The van der Waals surface area contributed by atoms with Crippen LogP contribution in [0.2, 0.25) is 0 Å². The maximum atomic E-state index is 4.45. The van der Waals surface area contributed by atoms with Crippen molar-refractivity contribution in [2.75, 3.05) is 6.54 Å². The van der Waals surface area contributed by atoms with Crippen molar-refractivity contribution in [2.24, 2.45) is 10.9 Å². The van der Waals surface area contributed by atoms with E-state index in [2.05, 4.69) is 43.3 Å². The van der Waals surface area contributed by atoms with Gasteiger partial charge in [0.15, 0.2) is 0 Å². The summed E-state index contributed by atoms with van der Waals surface area (Å²) >= 11 is 0. The maximum absolute atomic E-state index is 4.45. The van der Waals surface area contributed by atoms with Crippen LogP contribution < -0.4 is 0 Å². The first kappa shape index (κ1) is 12.2. The molecule has 1 rings (SSSR count). The highest BCUT2D eigenvalue weighted by atomic mass is 14.7. The van der Waals surface area contributed by atoms with Gasteiger partial charge in [0, 0.05) is 12.8 Å². The smallest absolute Gasteiger partial charge is 0.0420 e. The zero-order valence-electron chi connectivity index (χ0n) is 10.1. The largest absolute Gasteiger partial charge is 0.297 e. The Morgan fingerprint density at radius 1 is 1.33 bits per heavy atom. The van der Waals surface area contributed by atoms with E-state index in [0.29, 0.717) is 5.92 Å². The second-order valence-corrected chi connectivity index (χ2v) is 4.28. The average molecular weight is 205 g/mol. The van der Waals surface area contributed by atoms with Gasteiger partial charge in [-0.15, -0.1) is 0 Å². The lowest BCUT2D eigenvalue weighted by molar-refractivity contribution is 0.789. The van der Waals surface area contributed by atoms with Gasteiger partial charge in [-0.2, -0.15) is 0 Å². The Balaban J connectivity index is 2.54. The van der Waals surface area contributed by atoms with Crippen LogP contribution in [0.1, 0.15) is 46.0 Å². The fourth-order valence-corrected chi connectivity index (χ4v) is 1.78. The van der Waals surface area contributed by atoms with Gasteiger partial charge in [0.05, 0.1) is 0 Å². The first-order valence-electron chi connectivity index (χ1n) is 6.15. The van der Waals surface area contributed by atoms with Crippen molar-refractivity contribution >= 4 is 6.21 Å². The lowest BCUT2D eigenvalue weighted by Crippen LogP contribution is -1.95. The molecule has 15 heavy (non-hydrogen) atoms. The Kier molecular flexibility index (Phi) is 6.06. The van der Waals surface area contributed by atoms with Gasteiger partial charge in [0.1, 0.15) is 0 Å². The van der Waals surface area contributed by atoms with Crippen LogP contribution >= 0.6 is 0 Å². The first-order chi connectivity index (χ1) is 7.33. The molecule has 0 aromatic carbocycles. The molecule has 0 fully saturated rings. The van der Waals surface area contributed by atoms with Gasteiger partial charge >= 0.3 is 0 Å². The minimum atomic E-state index is 0.593. The molecule has 0 saturated heterocycles. The SMILES string of the molecule is CC/C1=C/CCN=CC(C)C/C=C/CC1. The first-order valence-corrected chi connectivity index (χ1v) is 6.15. The molecule has 0 saturated carbocycles. The topological polar surface area (TPSA) is 12.4 Å². The monoisotopic (exact) mass is 205 g/mol. The van der Waals surface area contributed by atoms with Crippen LogP contribution in [0.4, 0.5) is 0 Å². The van der Waals surface area contributed by atoms with Gasteiger partial charge < -0.3 is 0 Å². The molecule has 1 nitrogen and oxygen atoms in total. The van der Waals surface area contributed by atoms with E-state index < -0.39 is 0 Å². The van der Waals surface area contributed by atoms with Gasteiger partial charge in [-0.1, -0.05) is 37.6 Å². The van der Waals surface area contributed by atoms with E-state index in [1.807, 2.05) is 0 Å². The van der Waals surface area contributed by atoms with Crippen molar-refractivity contribution in [2.45, 2.75) is 46.0 Å². The van der Waals surface area contributed by atoms with E-state index in [1.54, 1.807) is 5.57 Å². The van der Waals surface area contributed by atoms with E-state index in [-0.39, 0.29) is 0 Å². The maximum Gasteiger partial charge on any atom is 0.0420 e.